The fourth-order valence-electron chi connectivity index (χ4n) is 2.48. The van der Waals surface area contributed by atoms with Gasteiger partial charge in [0.05, 0.1) is 17.1 Å². The van der Waals surface area contributed by atoms with Gasteiger partial charge in [-0.25, -0.2) is 4.79 Å². The van der Waals surface area contributed by atoms with E-state index >= 15 is 0 Å². The average Bonchev–Trinajstić information content (AvgIpc) is 3.19. The maximum Gasteiger partial charge on any atom is 0.338 e. The molecule has 1 aliphatic rings. The molecule has 0 fully saturated rings. The largest absolute Gasteiger partial charge is 0.462 e. The van der Waals surface area contributed by atoms with E-state index in [1.54, 1.807) is 13.0 Å². The number of carbonyl (C=O) groups is 3. The standard InChI is InChI=1S/C18H15N3O8/c1-2-27-18(24)12-5-11(6-13(7-12)21(25)26)17(23)20-19-16(22)10-3-4-14-15(8-10)29-9-28-14/h3-8H,2,9H2,1H3,(H,19,22)(H,20,23). The highest BCUT2D eigenvalue weighted by Crippen LogP contribution is 2.32. The Morgan fingerprint density at radius 3 is 2.34 bits per heavy atom. The summed E-state index contributed by atoms with van der Waals surface area (Å²) in [6, 6.07) is 7.57. The number of nitro groups is 1. The molecule has 0 saturated carbocycles. The number of esters is 1. The molecular weight excluding hydrogens is 386 g/mol. The first kappa shape index (κ1) is 19.6. The number of hydrogen-bond donors (Lipinski definition) is 2. The maximum absolute atomic E-state index is 12.3. The highest BCUT2D eigenvalue weighted by atomic mass is 16.7. The Morgan fingerprint density at radius 2 is 1.66 bits per heavy atom. The van der Waals surface area contributed by atoms with E-state index in [1.165, 1.54) is 12.1 Å². The summed E-state index contributed by atoms with van der Waals surface area (Å²) in [5, 5.41) is 11.1. The lowest BCUT2D eigenvalue weighted by atomic mass is 10.1. The summed E-state index contributed by atoms with van der Waals surface area (Å²) in [5.74, 6) is -1.42. The number of benzene rings is 2. The van der Waals surface area contributed by atoms with Crippen molar-refractivity contribution < 1.29 is 33.5 Å². The number of ether oxygens (including phenoxy) is 3. The Kier molecular flexibility index (Phi) is 5.58. The van der Waals surface area contributed by atoms with Gasteiger partial charge in [-0.2, -0.15) is 0 Å². The van der Waals surface area contributed by atoms with Gasteiger partial charge >= 0.3 is 5.97 Å². The van der Waals surface area contributed by atoms with Crippen molar-refractivity contribution in [3.8, 4) is 11.5 Å². The van der Waals surface area contributed by atoms with Gasteiger partial charge in [-0.3, -0.25) is 30.6 Å². The molecule has 0 atom stereocenters. The zero-order valence-electron chi connectivity index (χ0n) is 15.1. The quantitative estimate of drug-likeness (QED) is 0.436. The Bertz CT molecular complexity index is 1000. The zero-order valence-corrected chi connectivity index (χ0v) is 15.1. The minimum absolute atomic E-state index is 0.0483. The van der Waals surface area contributed by atoms with Gasteiger partial charge in [-0.1, -0.05) is 0 Å². The number of rotatable bonds is 5. The summed E-state index contributed by atoms with van der Waals surface area (Å²) < 4.78 is 15.1. The van der Waals surface area contributed by atoms with E-state index < -0.39 is 28.4 Å². The Morgan fingerprint density at radius 1 is 1.00 bits per heavy atom. The van der Waals surface area contributed by atoms with Crippen LogP contribution in [-0.4, -0.2) is 36.1 Å². The molecule has 3 rings (SSSR count). The van der Waals surface area contributed by atoms with Crippen molar-refractivity contribution in [3.05, 3.63) is 63.2 Å². The molecular formula is C18H15N3O8. The second kappa shape index (κ2) is 8.25. The molecule has 0 radical (unpaired) electrons. The van der Waals surface area contributed by atoms with E-state index in [9.17, 15) is 24.5 Å². The van der Waals surface area contributed by atoms with Crippen LogP contribution in [0.3, 0.4) is 0 Å². The summed E-state index contributed by atoms with van der Waals surface area (Å²) in [5.41, 5.74) is 3.70. The third-order valence-electron chi connectivity index (χ3n) is 3.83. The van der Waals surface area contributed by atoms with Gasteiger partial charge in [0.25, 0.3) is 17.5 Å². The van der Waals surface area contributed by atoms with Crippen molar-refractivity contribution in [2.75, 3.05) is 13.4 Å². The molecule has 2 aromatic carbocycles. The third kappa shape index (κ3) is 4.40. The van der Waals surface area contributed by atoms with Crippen molar-refractivity contribution in [2.24, 2.45) is 0 Å². The van der Waals surface area contributed by atoms with Crippen molar-refractivity contribution in [1.29, 1.82) is 0 Å². The number of nitro benzene ring substituents is 1. The highest BCUT2D eigenvalue weighted by molar-refractivity contribution is 6.01. The highest BCUT2D eigenvalue weighted by Gasteiger charge is 2.20. The van der Waals surface area contributed by atoms with Gasteiger partial charge in [0, 0.05) is 23.3 Å². The molecule has 0 bridgehead atoms. The first-order chi connectivity index (χ1) is 13.9. The van der Waals surface area contributed by atoms with Crippen molar-refractivity contribution in [1.82, 2.24) is 10.9 Å². The molecule has 150 valence electrons. The predicted octanol–water partition coefficient (Wildman–Crippen LogP) is 1.57. The molecule has 2 amide bonds. The fraction of sp³-hybridized carbons (Fsp3) is 0.167. The van der Waals surface area contributed by atoms with E-state index in [1.807, 2.05) is 0 Å². The molecule has 29 heavy (non-hydrogen) atoms. The molecule has 0 saturated heterocycles. The van der Waals surface area contributed by atoms with Crippen LogP contribution in [0.2, 0.25) is 0 Å². The van der Waals surface area contributed by atoms with Gasteiger partial charge in [0.1, 0.15) is 0 Å². The molecule has 11 heteroatoms. The number of nitrogens with one attached hydrogen (secondary N) is 2. The fourth-order valence-corrected chi connectivity index (χ4v) is 2.48. The van der Waals surface area contributed by atoms with Crippen molar-refractivity contribution >= 4 is 23.5 Å². The number of nitrogens with zero attached hydrogens (tertiary/aromatic N) is 1. The van der Waals surface area contributed by atoms with Gasteiger partial charge in [-0.15, -0.1) is 0 Å². The smallest absolute Gasteiger partial charge is 0.338 e. The number of hydrazine groups is 1. The summed E-state index contributed by atoms with van der Waals surface area (Å²) in [6.07, 6.45) is 0. The number of carbonyl (C=O) groups excluding carboxylic acids is 3. The van der Waals surface area contributed by atoms with Crippen LogP contribution >= 0.6 is 0 Å². The summed E-state index contributed by atoms with van der Waals surface area (Å²) in [7, 11) is 0. The minimum atomic E-state index is -0.853. The molecule has 1 heterocycles. The second-order valence-electron chi connectivity index (χ2n) is 5.72. The molecule has 2 aromatic rings. The monoisotopic (exact) mass is 401 g/mol. The first-order valence-electron chi connectivity index (χ1n) is 8.36. The lowest BCUT2D eigenvalue weighted by Crippen LogP contribution is -2.41. The van der Waals surface area contributed by atoms with Crippen LogP contribution in [-0.2, 0) is 4.74 Å². The van der Waals surface area contributed by atoms with Crippen LogP contribution in [0, 0.1) is 10.1 Å². The van der Waals surface area contributed by atoms with Gasteiger partial charge in [0.2, 0.25) is 6.79 Å². The SMILES string of the molecule is CCOC(=O)c1cc(C(=O)NNC(=O)c2ccc3c(c2)OCO3)cc([N+](=O)[O-])c1. The molecule has 0 aromatic heterocycles. The molecule has 0 unspecified atom stereocenters. The van der Waals surface area contributed by atoms with Crippen LogP contribution in [0.4, 0.5) is 5.69 Å². The Hall–Kier alpha value is -4.15. The van der Waals surface area contributed by atoms with Crippen LogP contribution in [0.1, 0.15) is 38.0 Å². The van der Waals surface area contributed by atoms with Crippen LogP contribution in [0.5, 0.6) is 11.5 Å². The number of fused-ring (bicyclic) bond motifs is 1. The first-order valence-corrected chi connectivity index (χ1v) is 8.36. The summed E-state index contributed by atoms with van der Waals surface area (Å²) in [4.78, 5) is 46.7. The summed E-state index contributed by atoms with van der Waals surface area (Å²) >= 11 is 0. The second-order valence-corrected chi connectivity index (χ2v) is 5.72. The van der Waals surface area contributed by atoms with Crippen molar-refractivity contribution in [3.63, 3.8) is 0 Å². The van der Waals surface area contributed by atoms with Crippen LogP contribution < -0.4 is 20.3 Å². The number of hydrogen-bond acceptors (Lipinski definition) is 8. The lowest BCUT2D eigenvalue weighted by Gasteiger charge is -2.09. The maximum atomic E-state index is 12.3. The lowest BCUT2D eigenvalue weighted by molar-refractivity contribution is -0.384. The van der Waals surface area contributed by atoms with Crippen LogP contribution in [0.15, 0.2) is 36.4 Å². The zero-order chi connectivity index (χ0) is 21.0. The molecule has 0 spiro atoms. The normalized spacial score (nSPS) is 11.5. The van der Waals surface area contributed by atoms with E-state index in [-0.39, 0.29) is 30.1 Å². The van der Waals surface area contributed by atoms with Crippen molar-refractivity contribution in [2.45, 2.75) is 6.92 Å². The minimum Gasteiger partial charge on any atom is -0.462 e. The summed E-state index contributed by atoms with van der Waals surface area (Å²) in [6.45, 7) is 1.69. The Labute approximate surface area is 163 Å². The van der Waals surface area contributed by atoms with E-state index in [0.717, 1.165) is 18.2 Å². The van der Waals surface area contributed by atoms with Gasteiger partial charge < -0.3 is 14.2 Å². The molecule has 1 aliphatic heterocycles. The van der Waals surface area contributed by atoms with E-state index in [2.05, 4.69) is 10.9 Å². The predicted molar refractivity (Wildman–Crippen MR) is 96.6 cm³/mol. The topological polar surface area (TPSA) is 146 Å². The Balaban J connectivity index is 1.73. The van der Waals surface area contributed by atoms with Gasteiger partial charge in [0.15, 0.2) is 11.5 Å². The van der Waals surface area contributed by atoms with E-state index in [4.69, 9.17) is 14.2 Å². The number of non-ortho nitro benzene ring substituents is 1. The van der Waals surface area contributed by atoms with Gasteiger partial charge in [-0.05, 0) is 31.2 Å². The van der Waals surface area contributed by atoms with Crippen LogP contribution in [0.25, 0.3) is 0 Å². The number of amides is 2. The molecule has 11 nitrogen and oxygen atoms in total. The third-order valence-corrected chi connectivity index (χ3v) is 3.83. The van der Waals surface area contributed by atoms with E-state index in [0.29, 0.717) is 11.5 Å². The average molecular weight is 401 g/mol. The molecule has 2 N–H and O–H groups in total. The molecule has 0 aliphatic carbocycles.